The number of ketones is 1. The average molecular weight is 232 g/mol. The van der Waals surface area contributed by atoms with Crippen LogP contribution in [0.1, 0.15) is 29.3 Å². The first-order chi connectivity index (χ1) is 7.35. The Morgan fingerprint density at radius 1 is 1.38 bits per heavy atom. The SMILES string of the molecule is CCC(=O)c1cccc(OC(F)(F)F)c1C. The Hall–Kier alpha value is -1.52. The van der Waals surface area contributed by atoms with Crippen molar-refractivity contribution in [2.75, 3.05) is 0 Å². The number of alkyl halides is 3. The van der Waals surface area contributed by atoms with Crippen molar-refractivity contribution in [1.29, 1.82) is 0 Å². The fourth-order valence-corrected chi connectivity index (χ4v) is 1.34. The fourth-order valence-electron chi connectivity index (χ4n) is 1.34. The Labute approximate surface area is 91.0 Å². The molecule has 2 nitrogen and oxygen atoms in total. The third-order valence-corrected chi connectivity index (χ3v) is 2.13. The summed E-state index contributed by atoms with van der Waals surface area (Å²) in [4.78, 5) is 11.4. The lowest BCUT2D eigenvalue weighted by atomic mass is 10.0. The monoisotopic (exact) mass is 232 g/mol. The number of hydrogen-bond donors (Lipinski definition) is 0. The molecule has 1 aromatic rings. The molecule has 16 heavy (non-hydrogen) atoms. The van der Waals surface area contributed by atoms with E-state index in [9.17, 15) is 18.0 Å². The molecule has 1 rings (SSSR count). The summed E-state index contributed by atoms with van der Waals surface area (Å²) < 4.78 is 39.9. The third-order valence-electron chi connectivity index (χ3n) is 2.13. The number of carbonyl (C=O) groups excluding carboxylic acids is 1. The van der Waals surface area contributed by atoms with Gasteiger partial charge in [-0.1, -0.05) is 19.1 Å². The Balaban J connectivity index is 3.09. The lowest BCUT2D eigenvalue weighted by Crippen LogP contribution is -2.18. The first-order valence-electron chi connectivity index (χ1n) is 4.73. The van der Waals surface area contributed by atoms with Crippen LogP contribution in [0.3, 0.4) is 0 Å². The van der Waals surface area contributed by atoms with Gasteiger partial charge in [-0.3, -0.25) is 4.79 Å². The van der Waals surface area contributed by atoms with Gasteiger partial charge in [0.2, 0.25) is 0 Å². The fraction of sp³-hybridized carbons (Fsp3) is 0.364. The number of benzene rings is 1. The molecule has 88 valence electrons. The highest BCUT2D eigenvalue weighted by Gasteiger charge is 2.32. The summed E-state index contributed by atoms with van der Waals surface area (Å²) in [7, 11) is 0. The summed E-state index contributed by atoms with van der Waals surface area (Å²) in [6.07, 6.45) is -4.49. The second kappa shape index (κ2) is 4.55. The second-order valence-corrected chi connectivity index (χ2v) is 3.25. The Bertz CT molecular complexity index is 397. The van der Waals surface area contributed by atoms with E-state index in [1.807, 2.05) is 0 Å². The highest BCUT2D eigenvalue weighted by Crippen LogP contribution is 2.28. The van der Waals surface area contributed by atoms with Crippen LogP contribution in [0.5, 0.6) is 5.75 Å². The van der Waals surface area contributed by atoms with Crippen LogP contribution in [-0.2, 0) is 0 Å². The number of halogens is 3. The molecule has 0 amide bonds. The summed E-state index contributed by atoms with van der Waals surface area (Å²) in [5, 5.41) is 0. The van der Waals surface area contributed by atoms with Gasteiger partial charge >= 0.3 is 6.36 Å². The van der Waals surface area contributed by atoms with Crippen LogP contribution in [0.2, 0.25) is 0 Å². The normalized spacial score (nSPS) is 11.3. The van der Waals surface area contributed by atoms with Gasteiger partial charge in [-0.05, 0) is 13.0 Å². The van der Waals surface area contributed by atoms with Gasteiger partial charge in [0.15, 0.2) is 5.78 Å². The van der Waals surface area contributed by atoms with E-state index in [2.05, 4.69) is 4.74 Å². The molecule has 1 aromatic carbocycles. The molecular formula is C11H11F3O2. The summed E-state index contributed by atoms with van der Waals surface area (Å²) in [6.45, 7) is 3.09. The lowest BCUT2D eigenvalue weighted by molar-refractivity contribution is -0.274. The molecule has 0 aliphatic carbocycles. The predicted molar refractivity (Wildman–Crippen MR) is 52.5 cm³/mol. The van der Waals surface area contributed by atoms with Crippen molar-refractivity contribution in [1.82, 2.24) is 0 Å². The molecule has 0 atom stereocenters. The molecule has 0 bridgehead atoms. The predicted octanol–water partition coefficient (Wildman–Crippen LogP) is 3.49. The van der Waals surface area contributed by atoms with E-state index in [-0.39, 0.29) is 29.1 Å². The molecule has 0 saturated heterocycles. The van der Waals surface area contributed by atoms with E-state index in [0.717, 1.165) is 0 Å². The molecule has 0 aromatic heterocycles. The zero-order chi connectivity index (χ0) is 12.3. The number of hydrogen-bond acceptors (Lipinski definition) is 2. The van der Waals surface area contributed by atoms with E-state index < -0.39 is 6.36 Å². The number of carbonyl (C=O) groups is 1. The molecule has 0 fully saturated rings. The van der Waals surface area contributed by atoms with E-state index in [0.29, 0.717) is 0 Å². The molecule has 0 aliphatic rings. The van der Waals surface area contributed by atoms with E-state index in [1.165, 1.54) is 25.1 Å². The Kier molecular flexibility index (Phi) is 3.57. The summed E-state index contributed by atoms with van der Waals surface area (Å²) in [5.74, 6) is -0.531. The zero-order valence-corrected chi connectivity index (χ0v) is 8.89. The van der Waals surface area contributed by atoms with Crippen LogP contribution in [0.4, 0.5) is 13.2 Å². The van der Waals surface area contributed by atoms with Crippen molar-refractivity contribution in [3.63, 3.8) is 0 Å². The quantitative estimate of drug-likeness (QED) is 0.745. The average Bonchev–Trinajstić information content (AvgIpc) is 2.18. The van der Waals surface area contributed by atoms with Crippen LogP contribution in [0, 0.1) is 6.92 Å². The van der Waals surface area contributed by atoms with Crippen molar-refractivity contribution in [3.8, 4) is 5.75 Å². The maximum Gasteiger partial charge on any atom is 0.573 e. The first kappa shape index (κ1) is 12.5. The van der Waals surface area contributed by atoms with Crippen molar-refractivity contribution in [3.05, 3.63) is 29.3 Å². The van der Waals surface area contributed by atoms with Crippen LogP contribution < -0.4 is 4.74 Å². The molecule has 5 heteroatoms. The Morgan fingerprint density at radius 3 is 2.50 bits per heavy atom. The van der Waals surface area contributed by atoms with E-state index in [4.69, 9.17) is 0 Å². The number of Topliss-reactive ketones (excluding diaryl/α,β-unsaturated/α-hetero) is 1. The molecule has 0 N–H and O–H groups in total. The van der Waals surface area contributed by atoms with Gasteiger partial charge in [0.1, 0.15) is 5.75 Å². The lowest BCUT2D eigenvalue weighted by Gasteiger charge is -2.13. The van der Waals surface area contributed by atoms with Crippen molar-refractivity contribution < 1.29 is 22.7 Å². The summed E-state index contributed by atoms with van der Waals surface area (Å²) >= 11 is 0. The van der Waals surface area contributed by atoms with Gasteiger partial charge in [0.05, 0.1) is 0 Å². The molecule has 0 unspecified atom stereocenters. The largest absolute Gasteiger partial charge is 0.573 e. The van der Waals surface area contributed by atoms with Crippen LogP contribution in [-0.4, -0.2) is 12.1 Å². The summed E-state index contributed by atoms with van der Waals surface area (Å²) in [6, 6.07) is 4.05. The highest BCUT2D eigenvalue weighted by atomic mass is 19.4. The van der Waals surface area contributed by atoms with Gasteiger partial charge in [-0.2, -0.15) is 0 Å². The first-order valence-corrected chi connectivity index (χ1v) is 4.73. The third kappa shape index (κ3) is 2.98. The number of ether oxygens (including phenoxy) is 1. The van der Waals surface area contributed by atoms with Crippen molar-refractivity contribution >= 4 is 5.78 Å². The van der Waals surface area contributed by atoms with Gasteiger partial charge < -0.3 is 4.74 Å². The molecule has 0 radical (unpaired) electrons. The minimum atomic E-state index is -4.74. The molecule has 0 spiro atoms. The zero-order valence-electron chi connectivity index (χ0n) is 8.89. The molecule has 0 heterocycles. The van der Waals surface area contributed by atoms with Crippen molar-refractivity contribution in [2.24, 2.45) is 0 Å². The summed E-state index contributed by atoms with van der Waals surface area (Å²) in [5.41, 5.74) is 0.482. The maximum absolute atomic E-state index is 12.0. The van der Waals surface area contributed by atoms with Gasteiger partial charge in [-0.15, -0.1) is 13.2 Å². The minimum Gasteiger partial charge on any atom is -0.405 e. The number of rotatable bonds is 3. The molecule has 0 aliphatic heterocycles. The standard InChI is InChI=1S/C11H11F3O2/c1-3-9(15)8-5-4-6-10(7(8)2)16-11(12,13)14/h4-6H,3H2,1-2H3. The second-order valence-electron chi connectivity index (χ2n) is 3.25. The van der Waals surface area contributed by atoms with Crippen molar-refractivity contribution in [2.45, 2.75) is 26.6 Å². The molecular weight excluding hydrogens is 221 g/mol. The van der Waals surface area contributed by atoms with E-state index >= 15 is 0 Å². The van der Waals surface area contributed by atoms with E-state index in [1.54, 1.807) is 6.92 Å². The topological polar surface area (TPSA) is 26.3 Å². The highest BCUT2D eigenvalue weighted by molar-refractivity contribution is 5.97. The van der Waals surface area contributed by atoms with Crippen LogP contribution in [0.25, 0.3) is 0 Å². The maximum atomic E-state index is 12.0. The Morgan fingerprint density at radius 2 is 2.00 bits per heavy atom. The smallest absolute Gasteiger partial charge is 0.405 e. The van der Waals surface area contributed by atoms with Crippen LogP contribution >= 0.6 is 0 Å². The van der Waals surface area contributed by atoms with Gasteiger partial charge in [-0.25, -0.2) is 0 Å². The van der Waals surface area contributed by atoms with Crippen LogP contribution in [0.15, 0.2) is 18.2 Å². The van der Waals surface area contributed by atoms with Gasteiger partial charge in [0.25, 0.3) is 0 Å². The molecule has 0 saturated carbocycles. The minimum absolute atomic E-state index is 0.204. The van der Waals surface area contributed by atoms with Gasteiger partial charge in [0, 0.05) is 17.5 Å².